The number of nitrogens with zero attached hydrogens (tertiary/aromatic N) is 1. The van der Waals surface area contributed by atoms with Gasteiger partial charge in [0.05, 0.1) is 6.10 Å². The van der Waals surface area contributed by atoms with Crippen LogP contribution in [0.15, 0.2) is 12.4 Å². The predicted octanol–water partition coefficient (Wildman–Crippen LogP) is -1.24. The third kappa shape index (κ3) is 1.76. The number of aliphatic hydroxyl groups is 2. The highest BCUT2D eigenvalue weighted by Gasteiger charge is 2.18. The van der Waals surface area contributed by atoms with Gasteiger partial charge in [0.1, 0.15) is 11.9 Å². The van der Waals surface area contributed by atoms with Gasteiger partial charge in [0, 0.05) is 18.9 Å². The average Bonchev–Trinajstić information content (AvgIpc) is 2.53. The first-order chi connectivity index (χ1) is 5.25. The van der Waals surface area contributed by atoms with E-state index in [-0.39, 0.29) is 6.54 Å². The molecule has 0 saturated heterocycles. The summed E-state index contributed by atoms with van der Waals surface area (Å²) in [6, 6.07) is 0. The highest BCUT2D eigenvalue weighted by atomic mass is 16.3. The molecule has 0 aliphatic heterocycles. The monoisotopic (exact) mass is 157 g/mol. The van der Waals surface area contributed by atoms with Crippen LogP contribution >= 0.6 is 0 Å². The van der Waals surface area contributed by atoms with E-state index in [2.05, 4.69) is 9.97 Å². The van der Waals surface area contributed by atoms with E-state index in [1.807, 2.05) is 0 Å². The van der Waals surface area contributed by atoms with Gasteiger partial charge in [-0.2, -0.15) is 0 Å². The minimum Gasteiger partial charge on any atom is -0.389 e. The van der Waals surface area contributed by atoms with E-state index in [1.54, 1.807) is 6.20 Å². The Bertz CT molecular complexity index is 200. The molecule has 0 aliphatic carbocycles. The summed E-state index contributed by atoms with van der Waals surface area (Å²) in [5, 5.41) is 18.3. The summed E-state index contributed by atoms with van der Waals surface area (Å²) in [5.41, 5.74) is 5.13. The van der Waals surface area contributed by atoms with Gasteiger partial charge in [0.15, 0.2) is 0 Å². The molecule has 0 fully saturated rings. The third-order valence-corrected chi connectivity index (χ3v) is 1.41. The number of hydrogen-bond donors (Lipinski definition) is 4. The Morgan fingerprint density at radius 1 is 1.64 bits per heavy atom. The summed E-state index contributed by atoms with van der Waals surface area (Å²) in [5.74, 6) is 0.336. The molecule has 5 N–H and O–H groups in total. The van der Waals surface area contributed by atoms with Crippen LogP contribution in [0.3, 0.4) is 0 Å². The van der Waals surface area contributed by atoms with Crippen molar-refractivity contribution in [3.63, 3.8) is 0 Å². The first-order valence-corrected chi connectivity index (χ1v) is 3.31. The van der Waals surface area contributed by atoms with Gasteiger partial charge in [-0.05, 0) is 0 Å². The molecular weight excluding hydrogens is 146 g/mol. The Balaban J connectivity index is 2.62. The number of rotatable bonds is 3. The first-order valence-electron chi connectivity index (χ1n) is 3.31. The summed E-state index contributed by atoms with van der Waals surface area (Å²) in [7, 11) is 0. The molecule has 1 rings (SSSR count). The second kappa shape index (κ2) is 3.47. The molecular formula is C6H11N3O2. The minimum absolute atomic E-state index is 0.0157. The predicted molar refractivity (Wildman–Crippen MR) is 38.6 cm³/mol. The molecule has 5 nitrogen and oxygen atoms in total. The number of imidazole rings is 1. The second-order valence-electron chi connectivity index (χ2n) is 2.22. The van der Waals surface area contributed by atoms with E-state index < -0.39 is 12.2 Å². The molecule has 0 aromatic carbocycles. The Hall–Kier alpha value is -0.910. The molecule has 1 heterocycles. The van der Waals surface area contributed by atoms with Gasteiger partial charge in [0.25, 0.3) is 0 Å². The Labute approximate surface area is 63.9 Å². The second-order valence-corrected chi connectivity index (χ2v) is 2.22. The molecule has 0 amide bonds. The van der Waals surface area contributed by atoms with Crippen LogP contribution in [-0.4, -0.2) is 32.8 Å². The van der Waals surface area contributed by atoms with Gasteiger partial charge in [-0.15, -0.1) is 0 Å². The maximum Gasteiger partial charge on any atom is 0.139 e. The van der Waals surface area contributed by atoms with Crippen molar-refractivity contribution in [2.45, 2.75) is 12.2 Å². The fraction of sp³-hybridized carbons (Fsp3) is 0.500. The van der Waals surface area contributed by atoms with Gasteiger partial charge in [-0.1, -0.05) is 0 Å². The molecule has 2 unspecified atom stereocenters. The Kier molecular flexibility index (Phi) is 2.58. The molecule has 0 saturated carbocycles. The van der Waals surface area contributed by atoms with Crippen molar-refractivity contribution in [2.75, 3.05) is 6.54 Å². The molecule has 1 aromatic heterocycles. The molecule has 1 aromatic rings. The number of aliphatic hydroxyl groups excluding tert-OH is 2. The van der Waals surface area contributed by atoms with Crippen LogP contribution in [0.2, 0.25) is 0 Å². The van der Waals surface area contributed by atoms with Crippen molar-refractivity contribution in [2.24, 2.45) is 5.73 Å². The van der Waals surface area contributed by atoms with E-state index >= 15 is 0 Å². The topological polar surface area (TPSA) is 95.2 Å². The molecule has 5 heteroatoms. The fourth-order valence-corrected chi connectivity index (χ4v) is 0.750. The maximum atomic E-state index is 9.25. The summed E-state index contributed by atoms with van der Waals surface area (Å²) < 4.78 is 0. The van der Waals surface area contributed by atoms with Gasteiger partial charge >= 0.3 is 0 Å². The van der Waals surface area contributed by atoms with Crippen LogP contribution in [0, 0.1) is 0 Å². The largest absolute Gasteiger partial charge is 0.389 e. The van der Waals surface area contributed by atoms with E-state index in [9.17, 15) is 5.11 Å². The third-order valence-electron chi connectivity index (χ3n) is 1.41. The first kappa shape index (κ1) is 8.19. The highest BCUT2D eigenvalue weighted by Crippen LogP contribution is 2.10. The lowest BCUT2D eigenvalue weighted by atomic mass is 10.2. The van der Waals surface area contributed by atoms with Crippen molar-refractivity contribution in [1.82, 2.24) is 9.97 Å². The molecule has 0 spiro atoms. The van der Waals surface area contributed by atoms with Gasteiger partial charge in [0.2, 0.25) is 0 Å². The Morgan fingerprint density at radius 2 is 2.36 bits per heavy atom. The summed E-state index contributed by atoms with van der Waals surface area (Å²) >= 11 is 0. The smallest absolute Gasteiger partial charge is 0.139 e. The van der Waals surface area contributed by atoms with Gasteiger partial charge in [-0.25, -0.2) is 4.98 Å². The average molecular weight is 157 g/mol. The molecule has 62 valence electrons. The lowest BCUT2D eigenvalue weighted by Crippen LogP contribution is -2.27. The number of aromatic amines is 1. The van der Waals surface area contributed by atoms with E-state index in [4.69, 9.17) is 10.8 Å². The number of nitrogens with one attached hydrogen (secondary N) is 1. The normalized spacial score (nSPS) is 16.3. The summed E-state index contributed by atoms with van der Waals surface area (Å²) in [4.78, 5) is 6.44. The number of nitrogens with two attached hydrogens (primary N) is 1. The maximum absolute atomic E-state index is 9.25. The summed E-state index contributed by atoms with van der Waals surface area (Å²) in [6.45, 7) is 0.0157. The standard InChI is InChI=1S/C6H11N3O2/c7-3-4(10)5(11)6-8-1-2-9-6/h1-2,4-5,10-11H,3,7H2,(H,8,9). The quantitative estimate of drug-likeness (QED) is 0.441. The van der Waals surface area contributed by atoms with Crippen LogP contribution in [0.4, 0.5) is 0 Å². The Morgan fingerprint density at radius 3 is 2.82 bits per heavy atom. The molecule has 2 atom stereocenters. The van der Waals surface area contributed by atoms with Crippen molar-refractivity contribution in [3.8, 4) is 0 Å². The lowest BCUT2D eigenvalue weighted by molar-refractivity contribution is 0.0194. The van der Waals surface area contributed by atoms with Crippen LogP contribution in [0.5, 0.6) is 0 Å². The van der Waals surface area contributed by atoms with Crippen LogP contribution in [-0.2, 0) is 0 Å². The van der Waals surface area contributed by atoms with Crippen molar-refractivity contribution in [1.29, 1.82) is 0 Å². The molecule has 0 bridgehead atoms. The van der Waals surface area contributed by atoms with Crippen molar-refractivity contribution < 1.29 is 10.2 Å². The fourth-order valence-electron chi connectivity index (χ4n) is 0.750. The van der Waals surface area contributed by atoms with Crippen LogP contribution in [0.25, 0.3) is 0 Å². The van der Waals surface area contributed by atoms with Crippen LogP contribution < -0.4 is 5.73 Å². The lowest BCUT2D eigenvalue weighted by Gasteiger charge is -2.12. The zero-order chi connectivity index (χ0) is 8.27. The number of H-pyrrole nitrogens is 1. The molecule has 0 aliphatic rings. The van der Waals surface area contributed by atoms with Crippen LogP contribution in [0.1, 0.15) is 11.9 Å². The van der Waals surface area contributed by atoms with E-state index in [0.717, 1.165) is 0 Å². The number of hydrogen-bond acceptors (Lipinski definition) is 4. The zero-order valence-electron chi connectivity index (χ0n) is 5.94. The van der Waals surface area contributed by atoms with Gasteiger partial charge < -0.3 is 20.9 Å². The molecule has 0 radical (unpaired) electrons. The summed E-state index contributed by atoms with van der Waals surface area (Å²) in [6.07, 6.45) is 1.10. The van der Waals surface area contributed by atoms with Crippen molar-refractivity contribution >= 4 is 0 Å². The SMILES string of the molecule is NCC(O)C(O)c1ncc[nH]1. The zero-order valence-corrected chi connectivity index (χ0v) is 5.94. The van der Waals surface area contributed by atoms with E-state index in [1.165, 1.54) is 6.20 Å². The van der Waals surface area contributed by atoms with Gasteiger partial charge in [-0.3, -0.25) is 0 Å². The molecule has 11 heavy (non-hydrogen) atoms. The van der Waals surface area contributed by atoms with Crippen molar-refractivity contribution in [3.05, 3.63) is 18.2 Å². The highest BCUT2D eigenvalue weighted by molar-refractivity contribution is 4.94. The minimum atomic E-state index is -1.02. The van der Waals surface area contributed by atoms with E-state index in [0.29, 0.717) is 5.82 Å². The number of aromatic nitrogens is 2.